The molecule has 2 amide bonds. The highest BCUT2D eigenvalue weighted by molar-refractivity contribution is 7.89. The second-order valence-electron chi connectivity index (χ2n) is 8.50. The fourth-order valence-corrected chi connectivity index (χ4v) is 5.15. The Kier molecular flexibility index (Phi) is 8.10. The first-order chi connectivity index (χ1) is 15.7. The van der Waals surface area contributed by atoms with Gasteiger partial charge in [-0.05, 0) is 55.2 Å². The van der Waals surface area contributed by atoms with Gasteiger partial charge in [0.05, 0.1) is 17.9 Å². The van der Waals surface area contributed by atoms with Gasteiger partial charge in [0.15, 0.2) is 0 Å². The van der Waals surface area contributed by atoms with E-state index in [9.17, 15) is 18.0 Å². The molecular formula is C24H31N3O5S. The number of benzene rings is 2. The summed E-state index contributed by atoms with van der Waals surface area (Å²) in [5.74, 6) is -0.547. The van der Waals surface area contributed by atoms with Crippen LogP contribution >= 0.6 is 0 Å². The molecule has 1 saturated heterocycles. The Morgan fingerprint density at radius 2 is 1.73 bits per heavy atom. The highest BCUT2D eigenvalue weighted by Crippen LogP contribution is 2.22. The van der Waals surface area contributed by atoms with E-state index in [1.54, 1.807) is 30.9 Å². The molecule has 1 fully saturated rings. The van der Waals surface area contributed by atoms with Crippen molar-refractivity contribution < 1.29 is 22.7 Å². The van der Waals surface area contributed by atoms with E-state index in [4.69, 9.17) is 4.74 Å². The van der Waals surface area contributed by atoms with Crippen LogP contribution in [0.4, 0.5) is 5.69 Å². The van der Waals surface area contributed by atoms with Crippen LogP contribution < -0.4 is 14.8 Å². The smallest absolute Gasteiger partial charge is 0.241 e. The highest BCUT2D eigenvalue weighted by Gasteiger charge is 2.35. The van der Waals surface area contributed by atoms with E-state index >= 15 is 0 Å². The standard InChI is InChI=1S/C24H31N3O5S/c1-17(2)22(26-33(30,31)21-13-11-20(32-3)12-14-21)24(29)27-15-7-8-18(16-27)23(28)25-19-9-5-4-6-10-19/h4-6,9-14,17-18,22,26H,7-8,15-16H2,1-3H3,(H,25,28). The number of amides is 2. The summed E-state index contributed by atoms with van der Waals surface area (Å²) < 4.78 is 33.5. The molecule has 2 N–H and O–H groups in total. The summed E-state index contributed by atoms with van der Waals surface area (Å²) in [6.07, 6.45) is 1.35. The minimum atomic E-state index is -3.92. The number of hydrogen-bond acceptors (Lipinski definition) is 5. The van der Waals surface area contributed by atoms with E-state index in [2.05, 4.69) is 10.0 Å². The van der Waals surface area contributed by atoms with Crippen LogP contribution in [0.5, 0.6) is 5.75 Å². The number of para-hydroxylation sites is 1. The molecule has 1 aliphatic rings. The maximum atomic E-state index is 13.3. The first-order valence-corrected chi connectivity index (χ1v) is 12.5. The third-order valence-electron chi connectivity index (χ3n) is 5.73. The maximum Gasteiger partial charge on any atom is 0.241 e. The summed E-state index contributed by atoms with van der Waals surface area (Å²) in [5.41, 5.74) is 0.707. The number of nitrogens with zero attached hydrogens (tertiary/aromatic N) is 1. The summed E-state index contributed by atoms with van der Waals surface area (Å²) in [6, 6.07) is 14.2. The van der Waals surface area contributed by atoms with Crippen LogP contribution in [0.3, 0.4) is 0 Å². The van der Waals surface area contributed by atoms with E-state index in [1.807, 2.05) is 30.3 Å². The second kappa shape index (κ2) is 10.8. The average molecular weight is 474 g/mol. The molecule has 0 saturated carbocycles. The Bertz CT molecular complexity index is 1060. The minimum absolute atomic E-state index is 0.0560. The van der Waals surface area contributed by atoms with Crippen molar-refractivity contribution >= 4 is 27.5 Å². The molecule has 33 heavy (non-hydrogen) atoms. The highest BCUT2D eigenvalue weighted by atomic mass is 32.2. The van der Waals surface area contributed by atoms with Crippen molar-refractivity contribution in [2.24, 2.45) is 11.8 Å². The number of sulfonamides is 1. The SMILES string of the molecule is COc1ccc(S(=O)(=O)NC(C(=O)N2CCCC(C(=O)Nc3ccccc3)C2)C(C)C)cc1. The van der Waals surface area contributed by atoms with Crippen LogP contribution in [0.15, 0.2) is 59.5 Å². The Morgan fingerprint density at radius 1 is 1.06 bits per heavy atom. The lowest BCUT2D eigenvalue weighted by Gasteiger charge is -2.35. The largest absolute Gasteiger partial charge is 0.497 e. The molecule has 2 aromatic carbocycles. The molecular weight excluding hydrogens is 442 g/mol. The predicted octanol–water partition coefficient (Wildman–Crippen LogP) is 2.88. The molecule has 178 valence electrons. The summed E-state index contributed by atoms with van der Waals surface area (Å²) >= 11 is 0. The summed E-state index contributed by atoms with van der Waals surface area (Å²) in [7, 11) is -2.41. The molecule has 0 aromatic heterocycles. The second-order valence-corrected chi connectivity index (χ2v) is 10.2. The van der Waals surface area contributed by atoms with Crippen molar-refractivity contribution in [1.82, 2.24) is 9.62 Å². The van der Waals surface area contributed by atoms with Crippen molar-refractivity contribution in [2.75, 3.05) is 25.5 Å². The first kappa shape index (κ1) is 24.7. The molecule has 0 bridgehead atoms. The van der Waals surface area contributed by atoms with Gasteiger partial charge in [0, 0.05) is 18.8 Å². The molecule has 2 atom stereocenters. The van der Waals surface area contributed by atoms with Crippen molar-refractivity contribution in [3.8, 4) is 5.75 Å². The van der Waals surface area contributed by atoms with Gasteiger partial charge >= 0.3 is 0 Å². The zero-order valence-electron chi connectivity index (χ0n) is 19.2. The third-order valence-corrected chi connectivity index (χ3v) is 7.19. The van der Waals surface area contributed by atoms with E-state index in [0.717, 1.165) is 0 Å². The number of carbonyl (C=O) groups excluding carboxylic acids is 2. The third kappa shape index (κ3) is 6.33. The first-order valence-electron chi connectivity index (χ1n) is 11.0. The van der Waals surface area contributed by atoms with Gasteiger partial charge in [-0.3, -0.25) is 9.59 Å². The maximum absolute atomic E-state index is 13.3. The number of rotatable bonds is 8. The number of ether oxygens (including phenoxy) is 1. The minimum Gasteiger partial charge on any atom is -0.497 e. The lowest BCUT2D eigenvalue weighted by molar-refractivity contribution is -0.137. The number of nitrogens with one attached hydrogen (secondary N) is 2. The number of methoxy groups -OCH3 is 1. The quantitative estimate of drug-likeness (QED) is 0.613. The Balaban J connectivity index is 1.69. The molecule has 2 aromatic rings. The molecule has 0 radical (unpaired) electrons. The molecule has 9 heteroatoms. The zero-order chi connectivity index (χ0) is 24.0. The summed E-state index contributed by atoms with van der Waals surface area (Å²) in [6.45, 7) is 4.33. The van der Waals surface area contributed by atoms with Gasteiger partial charge in [-0.15, -0.1) is 0 Å². The van der Waals surface area contributed by atoms with Gasteiger partial charge in [-0.1, -0.05) is 32.0 Å². The normalized spacial score (nSPS) is 17.5. The van der Waals surface area contributed by atoms with Crippen LogP contribution in [0.2, 0.25) is 0 Å². The Hall–Kier alpha value is -2.91. The molecule has 1 aliphatic heterocycles. The molecule has 1 heterocycles. The number of hydrogen-bond donors (Lipinski definition) is 2. The van der Waals surface area contributed by atoms with Crippen LogP contribution in [-0.4, -0.2) is 51.4 Å². The van der Waals surface area contributed by atoms with Crippen molar-refractivity contribution in [3.63, 3.8) is 0 Å². The van der Waals surface area contributed by atoms with Crippen molar-refractivity contribution in [1.29, 1.82) is 0 Å². The molecule has 2 unspecified atom stereocenters. The Morgan fingerprint density at radius 3 is 2.33 bits per heavy atom. The zero-order valence-corrected chi connectivity index (χ0v) is 20.0. The van der Waals surface area contributed by atoms with Crippen LogP contribution in [0.25, 0.3) is 0 Å². The van der Waals surface area contributed by atoms with Gasteiger partial charge in [-0.2, -0.15) is 4.72 Å². The summed E-state index contributed by atoms with van der Waals surface area (Å²) in [4.78, 5) is 27.7. The molecule has 0 aliphatic carbocycles. The fourth-order valence-electron chi connectivity index (χ4n) is 3.82. The van der Waals surface area contributed by atoms with Gasteiger partial charge in [0.25, 0.3) is 0 Å². The van der Waals surface area contributed by atoms with E-state index in [1.165, 1.54) is 19.2 Å². The van der Waals surface area contributed by atoms with Crippen molar-refractivity contribution in [3.05, 3.63) is 54.6 Å². The van der Waals surface area contributed by atoms with E-state index in [0.29, 0.717) is 30.8 Å². The Labute approximate surface area is 195 Å². The average Bonchev–Trinajstić information content (AvgIpc) is 2.82. The van der Waals surface area contributed by atoms with E-state index in [-0.39, 0.29) is 35.1 Å². The molecule has 3 rings (SSSR count). The van der Waals surface area contributed by atoms with Gasteiger partial charge in [0.2, 0.25) is 21.8 Å². The van der Waals surface area contributed by atoms with Gasteiger partial charge in [-0.25, -0.2) is 8.42 Å². The van der Waals surface area contributed by atoms with Gasteiger partial charge in [0.1, 0.15) is 11.8 Å². The van der Waals surface area contributed by atoms with Crippen LogP contribution in [0.1, 0.15) is 26.7 Å². The van der Waals surface area contributed by atoms with E-state index < -0.39 is 16.1 Å². The summed E-state index contributed by atoms with van der Waals surface area (Å²) in [5, 5.41) is 2.89. The monoisotopic (exact) mass is 473 g/mol. The lowest BCUT2D eigenvalue weighted by atomic mass is 9.95. The molecule has 0 spiro atoms. The number of piperidine rings is 1. The predicted molar refractivity (Wildman–Crippen MR) is 126 cm³/mol. The number of anilines is 1. The van der Waals surface area contributed by atoms with Crippen molar-refractivity contribution in [2.45, 2.75) is 37.6 Å². The molecule has 8 nitrogen and oxygen atoms in total. The fraction of sp³-hybridized carbons (Fsp3) is 0.417. The number of likely N-dealkylation sites (tertiary alicyclic amines) is 1. The van der Waals surface area contributed by atoms with Crippen LogP contribution in [-0.2, 0) is 19.6 Å². The lowest BCUT2D eigenvalue weighted by Crippen LogP contribution is -2.54. The number of carbonyl (C=O) groups is 2. The van der Waals surface area contributed by atoms with Crippen LogP contribution in [0, 0.1) is 11.8 Å². The van der Waals surface area contributed by atoms with Gasteiger partial charge < -0.3 is 15.0 Å². The topological polar surface area (TPSA) is 105 Å².